The van der Waals surface area contributed by atoms with E-state index in [0.717, 1.165) is 33.3 Å². The van der Waals surface area contributed by atoms with Gasteiger partial charge >= 0.3 is 0 Å². The highest BCUT2D eigenvalue weighted by Crippen LogP contribution is 2.37. The Balaban J connectivity index is 1.68. The topological polar surface area (TPSA) is 74.8 Å². The molecule has 35 heavy (non-hydrogen) atoms. The number of amides is 1. The van der Waals surface area contributed by atoms with Crippen LogP contribution >= 0.6 is 11.6 Å². The molecule has 0 spiro atoms. The summed E-state index contributed by atoms with van der Waals surface area (Å²) in [4.78, 5) is 29.0. The van der Waals surface area contributed by atoms with Crippen molar-refractivity contribution in [1.29, 1.82) is 0 Å². The molecule has 0 saturated carbocycles. The maximum Gasteiger partial charge on any atom is 0.258 e. The molecule has 0 aliphatic carbocycles. The molecule has 7 heteroatoms. The van der Waals surface area contributed by atoms with E-state index in [-0.39, 0.29) is 17.5 Å². The Morgan fingerprint density at radius 2 is 1.86 bits per heavy atom. The Hall–Kier alpha value is -3.90. The average Bonchev–Trinajstić information content (AvgIpc) is 3.30. The molecule has 0 fully saturated rings. The van der Waals surface area contributed by atoms with E-state index < -0.39 is 0 Å². The Morgan fingerprint density at radius 3 is 2.60 bits per heavy atom. The number of ether oxygens (including phenoxy) is 1. The zero-order valence-corrected chi connectivity index (χ0v) is 20.2. The van der Waals surface area contributed by atoms with Crippen LogP contribution in [0.5, 0.6) is 5.75 Å². The number of para-hydroxylation sites is 1. The van der Waals surface area contributed by atoms with Crippen LogP contribution < -0.4 is 10.3 Å². The van der Waals surface area contributed by atoms with Crippen molar-refractivity contribution in [2.45, 2.75) is 26.3 Å². The molecular weight excluding hydrogens is 462 g/mol. The number of aromatic nitrogens is 1. The summed E-state index contributed by atoms with van der Waals surface area (Å²) >= 11 is 6.15. The third kappa shape index (κ3) is 4.33. The number of carbonyl (C=O) groups is 1. The van der Waals surface area contributed by atoms with Gasteiger partial charge in [0.2, 0.25) is 5.91 Å². The SMILES string of the molecule is CCOc1cccc(C2CC(c3c(-c4ccc(Cl)cc4)c4ccccc4[nH]c3=O)=NN2C(C)=O)c1. The van der Waals surface area contributed by atoms with Crippen LogP contribution in [0.3, 0.4) is 0 Å². The fraction of sp³-hybridized carbons (Fsp3) is 0.179. The lowest BCUT2D eigenvalue weighted by molar-refractivity contribution is -0.130. The summed E-state index contributed by atoms with van der Waals surface area (Å²) in [6.07, 6.45) is 0.400. The molecule has 1 aromatic heterocycles. The number of hydrazone groups is 1. The van der Waals surface area contributed by atoms with Crippen molar-refractivity contribution in [3.8, 4) is 16.9 Å². The Labute approximate surface area is 207 Å². The summed E-state index contributed by atoms with van der Waals surface area (Å²) in [5.41, 5.74) is 4.02. The number of halogens is 1. The third-order valence-electron chi connectivity index (χ3n) is 6.13. The summed E-state index contributed by atoms with van der Waals surface area (Å²) in [6.45, 7) is 3.95. The molecular formula is C28H24ClN3O3. The molecule has 3 aromatic carbocycles. The fourth-order valence-corrected chi connectivity index (χ4v) is 4.75. The first-order valence-corrected chi connectivity index (χ1v) is 11.9. The predicted molar refractivity (Wildman–Crippen MR) is 139 cm³/mol. The van der Waals surface area contributed by atoms with Gasteiger partial charge in [-0.2, -0.15) is 5.10 Å². The predicted octanol–water partition coefficient (Wildman–Crippen LogP) is 5.94. The van der Waals surface area contributed by atoms with Gasteiger partial charge in [-0.1, -0.05) is 54.1 Å². The lowest BCUT2D eigenvalue weighted by Crippen LogP contribution is -2.24. The van der Waals surface area contributed by atoms with Gasteiger partial charge in [0.05, 0.1) is 23.9 Å². The van der Waals surface area contributed by atoms with E-state index in [1.807, 2.05) is 67.6 Å². The lowest BCUT2D eigenvalue weighted by atomic mass is 9.91. The van der Waals surface area contributed by atoms with Crippen molar-refractivity contribution in [1.82, 2.24) is 9.99 Å². The second kappa shape index (κ2) is 9.39. The molecule has 0 bridgehead atoms. The van der Waals surface area contributed by atoms with Crippen molar-refractivity contribution >= 4 is 34.1 Å². The Bertz CT molecular complexity index is 1510. The van der Waals surface area contributed by atoms with Gasteiger partial charge in [0.25, 0.3) is 5.56 Å². The van der Waals surface area contributed by atoms with E-state index in [1.54, 1.807) is 12.1 Å². The van der Waals surface area contributed by atoms with E-state index in [9.17, 15) is 9.59 Å². The summed E-state index contributed by atoms with van der Waals surface area (Å²) in [6, 6.07) is 22.4. The largest absolute Gasteiger partial charge is 0.494 e. The van der Waals surface area contributed by atoms with Crippen LogP contribution in [0.1, 0.15) is 37.4 Å². The van der Waals surface area contributed by atoms with Crippen molar-refractivity contribution in [3.05, 3.63) is 99.3 Å². The number of benzene rings is 3. The highest BCUT2D eigenvalue weighted by atomic mass is 35.5. The van der Waals surface area contributed by atoms with Crippen molar-refractivity contribution in [2.24, 2.45) is 5.10 Å². The second-order valence-electron chi connectivity index (χ2n) is 8.39. The van der Waals surface area contributed by atoms with Gasteiger partial charge < -0.3 is 9.72 Å². The van der Waals surface area contributed by atoms with Gasteiger partial charge in [-0.3, -0.25) is 9.59 Å². The van der Waals surface area contributed by atoms with Gasteiger partial charge in [0.15, 0.2) is 0 Å². The molecule has 2 heterocycles. The Kier molecular flexibility index (Phi) is 6.14. The standard InChI is InChI=1S/C28H24ClN3O3/c1-3-35-21-8-6-7-19(15-21)25-16-24(31-32(25)17(2)33)27-26(18-11-13-20(29)14-12-18)22-9-4-5-10-23(22)30-28(27)34/h4-15,25H,3,16H2,1-2H3,(H,30,34). The van der Waals surface area contributed by atoms with Crippen molar-refractivity contribution < 1.29 is 9.53 Å². The highest BCUT2D eigenvalue weighted by Gasteiger charge is 2.34. The van der Waals surface area contributed by atoms with E-state index in [4.69, 9.17) is 16.3 Å². The molecule has 0 radical (unpaired) electrons. The zero-order valence-electron chi connectivity index (χ0n) is 19.4. The van der Waals surface area contributed by atoms with E-state index in [0.29, 0.717) is 29.3 Å². The molecule has 1 amide bonds. The third-order valence-corrected chi connectivity index (χ3v) is 6.38. The Morgan fingerprint density at radius 1 is 1.09 bits per heavy atom. The quantitative estimate of drug-likeness (QED) is 0.380. The number of hydrogen-bond donors (Lipinski definition) is 1. The van der Waals surface area contributed by atoms with Crippen LogP contribution in [-0.4, -0.2) is 28.2 Å². The smallest absolute Gasteiger partial charge is 0.258 e. The van der Waals surface area contributed by atoms with Gasteiger partial charge in [0, 0.05) is 34.8 Å². The number of carbonyl (C=O) groups excluding carboxylic acids is 1. The number of nitrogens with one attached hydrogen (secondary N) is 1. The number of nitrogens with zero attached hydrogens (tertiary/aromatic N) is 2. The first-order chi connectivity index (χ1) is 17.0. The van der Waals surface area contributed by atoms with Crippen molar-refractivity contribution in [3.63, 3.8) is 0 Å². The number of H-pyrrole nitrogens is 1. The first-order valence-electron chi connectivity index (χ1n) is 11.5. The molecule has 0 saturated heterocycles. The zero-order chi connectivity index (χ0) is 24.5. The molecule has 176 valence electrons. The lowest BCUT2D eigenvalue weighted by Gasteiger charge is -2.21. The minimum atomic E-state index is -0.341. The van der Waals surface area contributed by atoms with Crippen LogP contribution in [0.15, 0.2) is 82.7 Å². The molecule has 1 N–H and O–H groups in total. The summed E-state index contributed by atoms with van der Waals surface area (Å²) in [5, 5.41) is 7.64. The molecule has 1 aliphatic heterocycles. The van der Waals surface area contributed by atoms with E-state index >= 15 is 0 Å². The van der Waals surface area contributed by atoms with Crippen LogP contribution in [-0.2, 0) is 4.79 Å². The molecule has 4 aromatic rings. The number of aromatic amines is 1. The number of hydrogen-bond acceptors (Lipinski definition) is 4. The average molecular weight is 486 g/mol. The van der Waals surface area contributed by atoms with Gasteiger partial charge in [-0.25, -0.2) is 5.01 Å². The summed E-state index contributed by atoms with van der Waals surface area (Å²) in [5.74, 6) is 0.532. The normalized spacial score (nSPS) is 15.3. The highest BCUT2D eigenvalue weighted by molar-refractivity contribution is 6.30. The van der Waals surface area contributed by atoms with Crippen LogP contribution in [0.25, 0.3) is 22.0 Å². The van der Waals surface area contributed by atoms with Crippen LogP contribution in [0, 0.1) is 0 Å². The fourth-order valence-electron chi connectivity index (χ4n) is 4.62. The van der Waals surface area contributed by atoms with Gasteiger partial charge in [-0.05, 0) is 48.4 Å². The summed E-state index contributed by atoms with van der Waals surface area (Å²) < 4.78 is 5.66. The minimum Gasteiger partial charge on any atom is -0.494 e. The van der Waals surface area contributed by atoms with E-state index in [2.05, 4.69) is 10.1 Å². The monoisotopic (exact) mass is 485 g/mol. The molecule has 1 aliphatic rings. The van der Waals surface area contributed by atoms with Crippen molar-refractivity contribution in [2.75, 3.05) is 6.61 Å². The number of fused-ring (bicyclic) bond motifs is 1. The molecule has 1 unspecified atom stereocenters. The van der Waals surface area contributed by atoms with Gasteiger partial charge in [-0.15, -0.1) is 0 Å². The second-order valence-corrected chi connectivity index (χ2v) is 8.83. The maximum absolute atomic E-state index is 13.5. The number of rotatable bonds is 5. The van der Waals surface area contributed by atoms with E-state index in [1.165, 1.54) is 11.9 Å². The summed E-state index contributed by atoms with van der Waals surface area (Å²) in [7, 11) is 0. The molecule has 1 atom stereocenters. The first kappa shape index (κ1) is 22.9. The molecule has 6 nitrogen and oxygen atoms in total. The maximum atomic E-state index is 13.5. The van der Waals surface area contributed by atoms with Gasteiger partial charge in [0.1, 0.15) is 5.75 Å². The van der Waals surface area contributed by atoms with Crippen LogP contribution in [0.2, 0.25) is 5.02 Å². The number of pyridine rings is 1. The van der Waals surface area contributed by atoms with Crippen LogP contribution in [0.4, 0.5) is 0 Å². The molecule has 5 rings (SSSR count). The minimum absolute atomic E-state index is 0.197.